The van der Waals surface area contributed by atoms with Gasteiger partial charge in [-0.25, -0.2) is 9.97 Å². The second-order valence-electron chi connectivity index (χ2n) is 7.32. The minimum atomic E-state index is -4.43. The van der Waals surface area contributed by atoms with E-state index < -0.39 is 11.7 Å². The first-order valence-electron chi connectivity index (χ1n) is 9.95. The molecule has 0 radical (unpaired) electrons. The Morgan fingerprint density at radius 1 is 1.00 bits per heavy atom. The van der Waals surface area contributed by atoms with Gasteiger partial charge in [-0.2, -0.15) is 13.2 Å². The number of pyridine rings is 1. The van der Waals surface area contributed by atoms with Crippen LogP contribution in [0.3, 0.4) is 0 Å². The van der Waals surface area contributed by atoms with Crippen LogP contribution in [0.25, 0.3) is 22.3 Å². The average molecular weight is 458 g/mol. The molecule has 164 valence electrons. The van der Waals surface area contributed by atoms with E-state index in [0.29, 0.717) is 35.7 Å². The van der Waals surface area contributed by atoms with E-state index in [4.69, 9.17) is 21.3 Å². The summed E-state index contributed by atoms with van der Waals surface area (Å²) in [7, 11) is 1.36. The molecule has 2 aromatic heterocycles. The third kappa shape index (κ3) is 4.99. The van der Waals surface area contributed by atoms with Gasteiger partial charge in [0.15, 0.2) is 5.82 Å². The van der Waals surface area contributed by atoms with Crippen molar-refractivity contribution in [2.75, 3.05) is 7.11 Å². The van der Waals surface area contributed by atoms with Crippen LogP contribution >= 0.6 is 11.6 Å². The highest BCUT2D eigenvalue weighted by Crippen LogP contribution is 2.33. The summed E-state index contributed by atoms with van der Waals surface area (Å²) in [5.41, 5.74) is 2.16. The minimum Gasteiger partial charge on any atom is -0.497 e. The predicted molar refractivity (Wildman–Crippen MR) is 118 cm³/mol. The van der Waals surface area contributed by atoms with Crippen molar-refractivity contribution in [3.05, 3.63) is 82.8 Å². The van der Waals surface area contributed by atoms with Crippen molar-refractivity contribution in [2.45, 2.75) is 25.4 Å². The van der Waals surface area contributed by atoms with Gasteiger partial charge >= 0.3 is 6.18 Å². The summed E-state index contributed by atoms with van der Waals surface area (Å²) in [6.45, 7) is 0. The Bertz CT molecular complexity index is 1250. The highest BCUT2D eigenvalue weighted by molar-refractivity contribution is 6.31. The molecule has 0 amide bonds. The van der Waals surface area contributed by atoms with Gasteiger partial charge in [0.1, 0.15) is 5.75 Å². The number of aryl methyl sites for hydroxylation is 2. The van der Waals surface area contributed by atoms with Crippen LogP contribution in [-0.4, -0.2) is 22.1 Å². The Kier molecular flexibility index (Phi) is 6.28. The molecule has 0 spiro atoms. The number of nitrogens with zero attached hydrogens (tertiary/aromatic N) is 3. The van der Waals surface area contributed by atoms with Crippen LogP contribution in [0.1, 0.15) is 23.2 Å². The van der Waals surface area contributed by atoms with Gasteiger partial charge < -0.3 is 4.74 Å². The molecule has 0 atom stereocenters. The molecule has 4 aromatic rings. The maximum atomic E-state index is 13.2. The third-order valence-corrected chi connectivity index (χ3v) is 5.30. The topological polar surface area (TPSA) is 47.9 Å². The summed E-state index contributed by atoms with van der Waals surface area (Å²) in [5.74, 6) is 0.733. The zero-order valence-corrected chi connectivity index (χ0v) is 17.9. The molecule has 2 heterocycles. The molecule has 4 rings (SSSR count). The predicted octanol–water partition coefficient (Wildman–Crippen LogP) is 6.55. The smallest absolute Gasteiger partial charge is 0.416 e. The van der Waals surface area contributed by atoms with Crippen LogP contribution in [-0.2, 0) is 19.0 Å². The molecule has 0 bridgehead atoms. The average Bonchev–Trinajstić information content (AvgIpc) is 2.79. The first-order chi connectivity index (χ1) is 15.3. The van der Waals surface area contributed by atoms with Crippen molar-refractivity contribution in [2.24, 2.45) is 0 Å². The van der Waals surface area contributed by atoms with Crippen LogP contribution in [0.5, 0.6) is 5.75 Å². The highest BCUT2D eigenvalue weighted by Gasteiger charge is 2.31. The molecule has 0 aliphatic carbocycles. The van der Waals surface area contributed by atoms with Crippen molar-refractivity contribution in [3.63, 3.8) is 0 Å². The van der Waals surface area contributed by atoms with Crippen molar-refractivity contribution in [1.29, 1.82) is 0 Å². The summed E-state index contributed by atoms with van der Waals surface area (Å²) in [4.78, 5) is 13.5. The monoisotopic (exact) mass is 457 g/mol. The molecule has 0 N–H and O–H groups in total. The molecule has 0 aliphatic rings. The fraction of sp³-hybridized carbons (Fsp3) is 0.208. The number of hydrogen-bond acceptors (Lipinski definition) is 4. The lowest BCUT2D eigenvalue weighted by atomic mass is 10.0. The number of aromatic nitrogens is 3. The Balaban J connectivity index is 1.63. The quantitative estimate of drug-likeness (QED) is 0.329. The lowest BCUT2D eigenvalue weighted by Crippen LogP contribution is -2.06. The second kappa shape index (κ2) is 9.12. The fourth-order valence-corrected chi connectivity index (χ4v) is 3.70. The van der Waals surface area contributed by atoms with Crippen molar-refractivity contribution < 1.29 is 17.9 Å². The van der Waals surface area contributed by atoms with E-state index >= 15 is 0 Å². The number of methoxy groups -OCH3 is 1. The van der Waals surface area contributed by atoms with Crippen LogP contribution in [0.15, 0.2) is 60.9 Å². The number of ether oxygens (including phenoxy) is 1. The van der Waals surface area contributed by atoms with Crippen LogP contribution in [0.4, 0.5) is 13.2 Å². The summed E-state index contributed by atoms with van der Waals surface area (Å²) in [6.07, 6.45) is 0.515. The maximum Gasteiger partial charge on any atom is 0.416 e. The van der Waals surface area contributed by atoms with Gasteiger partial charge in [-0.15, -0.1) is 0 Å². The van der Waals surface area contributed by atoms with Gasteiger partial charge in [-0.05, 0) is 73.4 Å². The minimum absolute atomic E-state index is 0.188. The van der Waals surface area contributed by atoms with Gasteiger partial charge in [0.25, 0.3) is 0 Å². The lowest BCUT2D eigenvalue weighted by Gasteiger charge is -2.12. The molecular weight excluding hydrogens is 439 g/mol. The Labute approximate surface area is 188 Å². The van der Waals surface area contributed by atoms with Gasteiger partial charge in [0.05, 0.1) is 23.9 Å². The molecule has 2 aromatic carbocycles. The molecule has 0 fully saturated rings. The fourth-order valence-electron chi connectivity index (χ4n) is 3.53. The van der Waals surface area contributed by atoms with Gasteiger partial charge in [-0.3, -0.25) is 4.98 Å². The van der Waals surface area contributed by atoms with Crippen LogP contribution in [0, 0.1) is 0 Å². The molecule has 0 saturated carbocycles. The van der Waals surface area contributed by atoms with Gasteiger partial charge in [0, 0.05) is 28.4 Å². The standard InChI is InChI=1S/C24H19ClF3N3O/c1-32-19-11-15(10-17(12-19)24(26,27)28)4-2-6-21-20-13-18(25)7-8-22(20)31-23(30-21)16-5-3-9-29-14-16/h3,5,7-14H,2,4,6H2,1H3. The highest BCUT2D eigenvalue weighted by atomic mass is 35.5. The molecular formula is C24H19ClF3N3O. The first kappa shape index (κ1) is 22.0. The summed E-state index contributed by atoms with van der Waals surface area (Å²) < 4.78 is 44.6. The molecule has 32 heavy (non-hydrogen) atoms. The van der Waals surface area contributed by atoms with Crippen molar-refractivity contribution in [1.82, 2.24) is 15.0 Å². The Morgan fingerprint density at radius 2 is 1.84 bits per heavy atom. The summed E-state index contributed by atoms with van der Waals surface area (Å²) in [5, 5.41) is 1.39. The third-order valence-electron chi connectivity index (χ3n) is 5.06. The molecule has 4 nitrogen and oxygen atoms in total. The second-order valence-corrected chi connectivity index (χ2v) is 7.75. The van der Waals surface area contributed by atoms with Crippen molar-refractivity contribution in [3.8, 4) is 17.1 Å². The Morgan fingerprint density at radius 3 is 2.56 bits per heavy atom. The number of fused-ring (bicyclic) bond motifs is 1. The van der Waals surface area contributed by atoms with Gasteiger partial charge in [0.2, 0.25) is 0 Å². The van der Waals surface area contributed by atoms with E-state index in [-0.39, 0.29) is 5.75 Å². The van der Waals surface area contributed by atoms with Crippen LogP contribution in [0.2, 0.25) is 5.02 Å². The molecule has 0 unspecified atom stereocenters. The normalized spacial score (nSPS) is 11.7. The van der Waals surface area contributed by atoms with Crippen molar-refractivity contribution >= 4 is 22.5 Å². The van der Waals surface area contributed by atoms with E-state index in [1.807, 2.05) is 24.3 Å². The number of halogens is 4. The number of benzene rings is 2. The van der Waals surface area contributed by atoms with E-state index in [1.165, 1.54) is 13.2 Å². The summed E-state index contributed by atoms with van der Waals surface area (Å²) >= 11 is 6.18. The van der Waals surface area contributed by atoms with E-state index in [0.717, 1.165) is 28.2 Å². The van der Waals surface area contributed by atoms with Crippen LogP contribution < -0.4 is 4.74 Å². The lowest BCUT2D eigenvalue weighted by molar-refractivity contribution is -0.137. The summed E-state index contributed by atoms with van der Waals surface area (Å²) in [6, 6.07) is 12.9. The Hall–Kier alpha value is -3.19. The van der Waals surface area contributed by atoms with E-state index in [9.17, 15) is 13.2 Å². The van der Waals surface area contributed by atoms with Gasteiger partial charge in [-0.1, -0.05) is 11.6 Å². The van der Waals surface area contributed by atoms with E-state index in [2.05, 4.69) is 9.97 Å². The SMILES string of the molecule is COc1cc(CCCc2nc(-c3cccnc3)nc3ccc(Cl)cc23)cc(C(F)(F)F)c1. The largest absolute Gasteiger partial charge is 0.497 e. The zero-order valence-electron chi connectivity index (χ0n) is 17.2. The number of alkyl halides is 3. The number of hydrogen-bond donors (Lipinski definition) is 0. The zero-order chi connectivity index (χ0) is 22.7. The molecule has 0 aliphatic heterocycles. The first-order valence-corrected chi connectivity index (χ1v) is 10.3. The molecule has 0 saturated heterocycles. The van der Waals surface area contributed by atoms with E-state index in [1.54, 1.807) is 24.5 Å². The maximum absolute atomic E-state index is 13.2. The number of rotatable bonds is 6. The molecule has 8 heteroatoms.